The van der Waals surface area contributed by atoms with Crippen LogP contribution in [0.5, 0.6) is 0 Å². The fourth-order valence-electron chi connectivity index (χ4n) is 4.62. The summed E-state index contributed by atoms with van der Waals surface area (Å²) in [5.74, 6) is -0.849. The van der Waals surface area contributed by atoms with Gasteiger partial charge in [0.25, 0.3) is 0 Å². The van der Waals surface area contributed by atoms with Crippen molar-refractivity contribution in [2.24, 2.45) is 17.6 Å². The minimum Gasteiger partial charge on any atom is -0.355 e. The maximum absolute atomic E-state index is 14.3. The molecular formula is C19H27ClF2N2O. The van der Waals surface area contributed by atoms with Gasteiger partial charge in [-0.1, -0.05) is 25.3 Å². The van der Waals surface area contributed by atoms with E-state index in [2.05, 4.69) is 5.32 Å². The Morgan fingerprint density at radius 3 is 2.40 bits per heavy atom. The van der Waals surface area contributed by atoms with Crippen molar-refractivity contribution in [2.75, 3.05) is 13.1 Å². The van der Waals surface area contributed by atoms with E-state index in [9.17, 15) is 13.6 Å². The first-order chi connectivity index (χ1) is 11.6. The first kappa shape index (κ1) is 20.1. The standard InChI is InChI=1S/C19H26F2N2O.ClH/c20-15-7-4-8-16(21)17(15)19(9-1-2-10-19)12-23-18(24)14-6-3-5-13(14)11-22;/h4,7-8,13-14H,1-3,5-6,9-12,22H2,(H,23,24);1H/t13-,14-;/m1./s1. The highest BCUT2D eigenvalue weighted by atomic mass is 35.5. The van der Waals surface area contributed by atoms with Crippen LogP contribution in [0.25, 0.3) is 0 Å². The predicted molar refractivity (Wildman–Crippen MR) is 96.6 cm³/mol. The highest BCUT2D eigenvalue weighted by Gasteiger charge is 2.41. The minimum atomic E-state index is -0.623. The minimum absolute atomic E-state index is 0. The van der Waals surface area contributed by atoms with Crippen molar-refractivity contribution in [3.8, 4) is 0 Å². The van der Waals surface area contributed by atoms with Crippen molar-refractivity contribution in [2.45, 2.75) is 50.4 Å². The lowest BCUT2D eigenvalue weighted by atomic mass is 9.78. The van der Waals surface area contributed by atoms with Crippen LogP contribution >= 0.6 is 12.4 Å². The van der Waals surface area contributed by atoms with Crippen molar-refractivity contribution >= 4 is 18.3 Å². The number of carbonyl (C=O) groups is 1. The molecule has 0 unspecified atom stereocenters. The van der Waals surface area contributed by atoms with Gasteiger partial charge < -0.3 is 11.1 Å². The van der Waals surface area contributed by atoms with Gasteiger partial charge in [0.15, 0.2) is 0 Å². The van der Waals surface area contributed by atoms with E-state index in [1.54, 1.807) is 0 Å². The zero-order chi connectivity index (χ0) is 17.2. The summed E-state index contributed by atoms with van der Waals surface area (Å²) in [7, 11) is 0. The van der Waals surface area contributed by atoms with Crippen LogP contribution in [-0.2, 0) is 10.2 Å². The molecule has 140 valence electrons. The lowest BCUT2D eigenvalue weighted by molar-refractivity contribution is -0.126. The van der Waals surface area contributed by atoms with E-state index in [-0.39, 0.29) is 35.7 Å². The van der Waals surface area contributed by atoms with Crippen molar-refractivity contribution in [3.63, 3.8) is 0 Å². The van der Waals surface area contributed by atoms with E-state index in [1.807, 2.05) is 0 Å². The number of amides is 1. The van der Waals surface area contributed by atoms with E-state index in [1.165, 1.54) is 18.2 Å². The Morgan fingerprint density at radius 2 is 1.80 bits per heavy atom. The molecule has 0 aromatic heterocycles. The smallest absolute Gasteiger partial charge is 0.223 e. The van der Waals surface area contributed by atoms with Gasteiger partial charge in [-0.15, -0.1) is 12.4 Å². The molecule has 3 rings (SSSR count). The van der Waals surface area contributed by atoms with Crippen molar-refractivity contribution in [1.82, 2.24) is 5.32 Å². The Morgan fingerprint density at radius 1 is 1.16 bits per heavy atom. The van der Waals surface area contributed by atoms with Gasteiger partial charge in [-0.2, -0.15) is 0 Å². The maximum atomic E-state index is 14.3. The Kier molecular flexibility index (Phi) is 6.80. The molecule has 0 heterocycles. The lowest BCUT2D eigenvalue weighted by Crippen LogP contribution is -2.43. The van der Waals surface area contributed by atoms with Gasteiger partial charge in [-0.25, -0.2) is 8.78 Å². The van der Waals surface area contributed by atoms with E-state index in [0.29, 0.717) is 25.9 Å². The lowest BCUT2D eigenvalue weighted by Gasteiger charge is -2.31. The van der Waals surface area contributed by atoms with Crippen LogP contribution in [0.4, 0.5) is 8.78 Å². The van der Waals surface area contributed by atoms with E-state index >= 15 is 0 Å². The first-order valence-electron chi connectivity index (χ1n) is 9.00. The summed E-state index contributed by atoms with van der Waals surface area (Å²) in [6.07, 6.45) is 6.13. The molecule has 1 aromatic carbocycles. The average Bonchev–Trinajstić information content (AvgIpc) is 3.22. The molecular weight excluding hydrogens is 346 g/mol. The van der Waals surface area contributed by atoms with Crippen LogP contribution in [0.2, 0.25) is 0 Å². The number of nitrogens with one attached hydrogen (secondary N) is 1. The molecule has 0 aliphatic heterocycles. The van der Waals surface area contributed by atoms with Crippen molar-refractivity contribution < 1.29 is 13.6 Å². The molecule has 6 heteroatoms. The molecule has 2 saturated carbocycles. The highest BCUT2D eigenvalue weighted by Crippen LogP contribution is 2.43. The molecule has 1 aromatic rings. The topological polar surface area (TPSA) is 55.1 Å². The van der Waals surface area contributed by atoms with Gasteiger partial charge in [0.2, 0.25) is 5.91 Å². The second kappa shape index (κ2) is 8.45. The number of hydrogen-bond acceptors (Lipinski definition) is 2. The third-order valence-electron chi connectivity index (χ3n) is 5.95. The molecule has 0 bridgehead atoms. The second-order valence-electron chi connectivity index (χ2n) is 7.34. The Balaban J connectivity index is 0.00000225. The zero-order valence-electron chi connectivity index (χ0n) is 14.4. The summed E-state index contributed by atoms with van der Waals surface area (Å²) in [4.78, 5) is 12.6. The van der Waals surface area contributed by atoms with Crippen LogP contribution in [0.1, 0.15) is 50.5 Å². The van der Waals surface area contributed by atoms with Crippen molar-refractivity contribution in [3.05, 3.63) is 35.4 Å². The summed E-state index contributed by atoms with van der Waals surface area (Å²) in [5.41, 5.74) is 5.28. The van der Waals surface area contributed by atoms with E-state index in [4.69, 9.17) is 5.73 Å². The fourth-order valence-corrected chi connectivity index (χ4v) is 4.62. The normalized spacial score (nSPS) is 24.8. The third kappa shape index (κ3) is 3.98. The fraction of sp³-hybridized carbons (Fsp3) is 0.632. The average molecular weight is 373 g/mol. The Labute approximate surface area is 154 Å². The molecule has 1 amide bonds. The SMILES string of the molecule is Cl.NC[C@H]1CCC[C@H]1C(=O)NCC1(c2c(F)cccc2F)CCCC1. The molecule has 0 saturated heterocycles. The van der Waals surface area contributed by atoms with Crippen LogP contribution in [0.3, 0.4) is 0 Å². The molecule has 2 aliphatic rings. The van der Waals surface area contributed by atoms with Crippen LogP contribution in [-0.4, -0.2) is 19.0 Å². The summed E-state index contributed by atoms with van der Waals surface area (Å²) in [6.45, 7) is 0.822. The van der Waals surface area contributed by atoms with E-state index < -0.39 is 17.0 Å². The zero-order valence-corrected chi connectivity index (χ0v) is 15.2. The van der Waals surface area contributed by atoms with Crippen LogP contribution in [0, 0.1) is 23.5 Å². The van der Waals surface area contributed by atoms with Gasteiger partial charge in [-0.05, 0) is 50.3 Å². The van der Waals surface area contributed by atoms with Crippen LogP contribution in [0.15, 0.2) is 18.2 Å². The van der Waals surface area contributed by atoms with Gasteiger partial charge in [0.05, 0.1) is 0 Å². The molecule has 3 N–H and O–H groups in total. The summed E-state index contributed by atoms with van der Waals surface area (Å²) >= 11 is 0. The summed E-state index contributed by atoms with van der Waals surface area (Å²) in [5, 5.41) is 3.00. The summed E-state index contributed by atoms with van der Waals surface area (Å²) < 4.78 is 28.6. The number of hydrogen-bond donors (Lipinski definition) is 2. The van der Waals surface area contributed by atoms with Crippen LogP contribution < -0.4 is 11.1 Å². The predicted octanol–water partition coefficient (Wildman–Crippen LogP) is 3.69. The number of carbonyl (C=O) groups excluding carboxylic acids is 1. The molecule has 2 atom stereocenters. The first-order valence-corrected chi connectivity index (χ1v) is 9.00. The number of benzene rings is 1. The number of nitrogens with two attached hydrogens (primary N) is 1. The second-order valence-corrected chi connectivity index (χ2v) is 7.34. The van der Waals surface area contributed by atoms with Crippen molar-refractivity contribution in [1.29, 1.82) is 0 Å². The molecule has 0 radical (unpaired) electrons. The third-order valence-corrected chi connectivity index (χ3v) is 5.95. The summed E-state index contributed by atoms with van der Waals surface area (Å²) in [6, 6.07) is 4.00. The van der Waals surface area contributed by atoms with E-state index in [0.717, 1.165) is 32.1 Å². The monoisotopic (exact) mass is 372 g/mol. The van der Waals surface area contributed by atoms with Gasteiger partial charge in [0, 0.05) is 23.4 Å². The molecule has 2 aliphatic carbocycles. The highest BCUT2D eigenvalue weighted by molar-refractivity contribution is 5.85. The molecule has 0 spiro atoms. The quantitative estimate of drug-likeness (QED) is 0.828. The maximum Gasteiger partial charge on any atom is 0.223 e. The van der Waals surface area contributed by atoms with Gasteiger partial charge in [-0.3, -0.25) is 4.79 Å². The molecule has 25 heavy (non-hydrogen) atoms. The van der Waals surface area contributed by atoms with Gasteiger partial charge >= 0.3 is 0 Å². The molecule has 3 nitrogen and oxygen atoms in total. The van der Waals surface area contributed by atoms with Gasteiger partial charge in [0.1, 0.15) is 11.6 Å². The Hall–Kier alpha value is -1.20. The Bertz CT molecular complexity index is 585. The largest absolute Gasteiger partial charge is 0.355 e. The number of halogens is 3. The molecule has 2 fully saturated rings. The number of rotatable bonds is 5.